The molecule has 1 N–H and O–H groups in total. The molecule has 0 saturated carbocycles. The van der Waals surface area contributed by atoms with Crippen molar-refractivity contribution < 1.29 is 0 Å². The van der Waals surface area contributed by atoms with E-state index in [4.69, 9.17) is 23.2 Å². The Morgan fingerprint density at radius 3 is 3.00 bits per heavy atom. The topological polar surface area (TPSA) is 28.2 Å². The number of piperazine rings is 1. The van der Waals surface area contributed by atoms with Crippen LogP contribution in [0.3, 0.4) is 0 Å². The highest BCUT2D eigenvalue weighted by Gasteiger charge is 2.16. The lowest BCUT2D eigenvalue weighted by Crippen LogP contribution is -2.48. The molecule has 1 atom stereocenters. The molecule has 0 unspecified atom stereocenters. The van der Waals surface area contributed by atoms with E-state index < -0.39 is 0 Å². The summed E-state index contributed by atoms with van der Waals surface area (Å²) in [4.78, 5) is 6.42. The molecule has 2 heterocycles. The number of hydrogen-bond acceptors (Lipinski definition) is 3. The molecule has 1 saturated heterocycles. The first kappa shape index (κ1) is 12.1. The van der Waals surface area contributed by atoms with Gasteiger partial charge in [-0.2, -0.15) is 0 Å². The zero-order valence-corrected chi connectivity index (χ0v) is 10.7. The summed E-state index contributed by atoms with van der Waals surface area (Å²) in [5, 5.41) is 4.37. The second-order valence-corrected chi connectivity index (χ2v) is 4.92. The van der Waals surface area contributed by atoms with E-state index in [-0.39, 0.29) is 0 Å². The third kappa shape index (κ3) is 3.08. The van der Waals surface area contributed by atoms with Crippen LogP contribution in [0.5, 0.6) is 0 Å². The Morgan fingerprint density at radius 2 is 2.31 bits per heavy atom. The molecular formula is C11H15Cl2N3. The minimum absolute atomic E-state index is 0.447. The van der Waals surface area contributed by atoms with Crippen molar-refractivity contribution in [1.29, 1.82) is 0 Å². The van der Waals surface area contributed by atoms with E-state index in [2.05, 4.69) is 22.1 Å². The molecule has 0 aromatic carbocycles. The third-order valence-corrected chi connectivity index (χ3v) is 3.28. The Morgan fingerprint density at radius 1 is 1.50 bits per heavy atom. The van der Waals surface area contributed by atoms with Crippen molar-refractivity contribution in [1.82, 2.24) is 15.2 Å². The van der Waals surface area contributed by atoms with E-state index in [0.717, 1.165) is 31.7 Å². The smallest absolute Gasteiger partial charge is 0.135 e. The highest BCUT2D eigenvalue weighted by atomic mass is 35.5. The summed E-state index contributed by atoms with van der Waals surface area (Å²) in [5.41, 5.74) is 1.04. The standard InChI is InChI=1S/C11H15Cl2N3/c1-8-6-16(5-4-14-8)7-9-2-3-10(12)15-11(9)13/h2-3,8,14H,4-7H2,1H3/t8-/m0/s1. The number of aromatic nitrogens is 1. The van der Waals surface area contributed by atoms with E-state index in [9.17, 15) is 0 Å². The highest BCUT2D eigenvalue weighted by molar-refractivity contribution is 6.32. The van der Waals surface area contributed by atoms with Gasteiger partial charge in [-0.3, -0.25) is 4.90 Å². The second-order valence-electron chi connectivity index (χ2n) is 4.17. The van der Waals surface area contributed by atoms with Crippen molar-refractivity contribution in [3.05, 3.63) is 28.0 Å². The van der Waals surface area contributed by atoms with Crippen LogP contribution in [0.1, 0.15) is 12.5 Å². The average Bonchev–Trinajstić information content (AvgIpc) is 2.22. The number of rotatable bonds is 2. The lowest BCUT2D eigenvalue weighted by molar-refractivity contribution is 0.199. The molecule has 1 aliphatic heterocycles. The largest absolute Gasteiger partial charge is 0.312 e. The monoisotopic (exact) mass is 259 g/mol. The molecule has 88 valence electrons. The normalized spacial score (nSPS) is 22.3. The molecule has 5 heteroatoms. The number of halogens is 2. The first-order valence-corrected chi connectivity index (χ1v) is 6.17. The lowest BCUT2D eigenvalue weighted by atomic mass is 10.2. The predicted molar refractivity (Wildman–Crippen MR) is 67.0 cm³/mol. The van der Waals surface area contributed by atoms with Gasteiger partial charge in [0.25, 0.3) is 0 Å². The van der Waals surface area contributed by atoms with Gasteiger partial charge in [0.2, 0.25) is 0 Å². The number of pyridine rings is 1. The van der Waals surface area contributed by atoms with Gasteiger partial charge in [-0.25, -0.2) is 4.98 Å². The molecule has 0 amide bonds. The van der Waals surface area contributed by atoms with Gasteiger partial charge < -0.3 is 5.32 Å². The first-order valence-electron chi connectivity index (χ1n) is 5.42. The molecule has 0 radical (unpaired) electrons. The summed E-state index contributed by atoms with van der Waals surface area (Å²) < 4.78 is 0. The van der Waals surface area contributed by atoms with E-state index in [1.54, 1.807) is 6.07 Å². The van der Waals surface area contributed by atoms with Gasteiger partial charge in [0.05, 0.1) is 0 Å². The van der Waals surface area contributed by atoms with Crippen LogP contribution in [-0.4, -0.2) is 35.6 Å². The number of hydrogen-bond donors (Lipinski definition) is 1. The Kier molecular flexibility index (Phi) is 4.03. The van der Waals surface area contributed by atoms with Crippen molar-refractivity contribution in [3.8, 4) is 0 Å². The molecular weight excluding hydrogens is 245 g/mol. The second kappa shape index (κ2) is 5.32. The molecule has 1 aromatic heterocycles. The van der Waals surface area contributed by atoms with E-state index in [1.165, 1.54) is 0 Å². The molecule has 2 rings (SSSR count). The van der Waals surface area contributed by atoms with Gasteiger partial charge in [-0.1, -0.05) is 29.3 Å². The van der Waals surface area contributed by atoms with Crippen molar-refractivity contribution in [3.63, 3.8) is 0 Å². The molecule has 1 fully saturated rings. The summed E-state index contributed by atoms with van der Waals surface area (Å²) in [5.74, 6) is 0. The SMILES string of the molecule is C[C@H]1CN(Cc2ccc(Cl)nc2Cl)CCN1. The van der Waals surface area contributed by atoms with Crippen LogP contribution >= 0.6 is 23.2 Å². The molecule has 1 aromatic rings. The van der Waals surface area contributed by atoms with Gasteiger partial charge >= 0.3 is 0 Å². The maximum absolute atomic E-state index is 6.05. The Bertz CT molecular complexity index is 370. The highest BCUT2D eigenvalue weighted by Crippen LogP contribution is 2.18. The van der Waals surface area contributed by atoms with Crippen molar-refractivity contribution in [2.75, 3.05) is 19.6 Å². The van der Waals surface area contributed by atoms with Crippen molar-refractivity contribution in [2.45, 2.75) is 19.5 Å². The zero-order valence-electron chi connectivity index (χ0n) is 9.21. The zero-order chi connectivity index (χ0) is 11.5. The van der Waals surface area contributed by atoms with Crippen LogP contribution in [0.25, 0.3) is 0 Å². The first-order chi connectivity index (χ1) is 7.65. The summed E-state index contributed by atoms with van der Waals surface area (Å²) in [6, 6.07) is 4.27. The molecule has 0 aliphatic carbocycles. The van der Waals surface area contributed by atoms with Crippen LogP contribution in [0.2, 0.25) is 10.3 Å². The van der Waals surface area contributed by atoms with E-state index in [1.807, 2.05) is 6.07 Å². The summed E-state index contributed by atoms with van der Waals surface area (Å²) >= 11 is 11.8. The fourth-order valence-electron chi connectivity index (χ4n) is 1.96. The predicted octanol–water partition coefficient (Wildman–Crippen LogP) is 2.18. The van der Waals surface area contributed by atoms with Crippen LogP contribution < -0.4 is 5.32 Å². The van der Waals surface area contributed by atoms with Gasteiger partial charge in [-0.15, -0.1) is 0 Å². The van der Waals surface area contributed by atoms with Crippen molar-refractivity contribution in [2.24, 2.45) is 0 Å². The Hall–Kier alpha value is -0.350. The van der Waals surface area contributed by atoms with Gasteiger partial charge in [-0.05, 0) is 13.0 Å². The van der Waals surface area contributed by atoms with Crippen LogP contribution in [0, 0.1) is 0 Å². The molecule has 3 nitrogen and oxygen atoms in total. The summed E-state index contributed by atoms with van der Waals surface area (Å²) in [6.07, 6.45) is 0. The summed E-state index contributed by atoms with van der Waals surface area (Å²) in [6.45, 7) is 6.14. The number of nitrogens with zero attached hydrogens (tertiary/aromatic N) is 2. The molecule has 1 aliphatic rings. The molecule has 0 spiro atoms. The molecule has 0 bridgehead atoms. The maximum Gasteiger partial charge on any atom is 0.135 e. The average molecular weight is 260 g/mol. The Labute approximate surface area is 106 Å². The van der Waals surface area contributed by atoms with Crippen LogP contribution in [0.15, 0.2) is 12.1 Å². The van der Waals surface area contributed by atoms with Gasteiger partial charge in [0.15, 0.2) is 0 Å². The minimum atomic E-state index is 0.447. The number of nitrogens with one attached hydrogen (secondary N) is 1. The van der Waals surface area contributed by atoms with Crippen molar-refractivity contribution >= 4 is 23.2 Å². The van der Waals surface area contributed by atoms with Gasteiger partial charge in [0, 0.05) is 37.8 Å². The van der Waals surface area contributed by atoms with Crippen LogP contribution in [0.4, 0.5) is 0 Å². The summed E-state index contributed by atoms with van der Waals surface area (Å²) in [7, 11) is 0. The van der Waals surface area contributed by atoms with Crippen LogP contribution in [-0.2, 0) is 6.54 Å². The van der Waals surface area contributed by atoms with E-state index >= 15 is 0 Å². The minimum Gasteiger partial charge on any atom is -0.312 e. The third-order valence-electron chi connectivity index (χ3n) is 2.74. The molecule has 16 heavy (non-hydrogen) atoms. The quantitative estimate of drug-likeness (QED) is 0.826. The van der Waals surface area contributed by atoms with Gasteiger partial charge in [0.1, 0.15) is 10.3 Å². The lowest BCUT2D eigenvalue weighted by Gasteiger charge is -2.31. The maximum atomic E-state index is 6.05. The van der Waals surface area contributed by atoms with E-state index in [0.29, 0.717) is 16.3 Å². The Balaban J connectivity index is 2.02. The fourth-order valence-corrected chi connectivity index (χ4v) is 2.36. The fraction of sp³-hybridized carbons (Fsp3) is 0.545.